The number of hydrogen-bond acceptors (Lipinski definition) is 5. The van der Waals surface area contributed by atoms with Gasteiger partial charge in [0.15, 0.2) is 6.61 Å². The Morgan fingerprint density at radius 2 is 1.89 bits per heavy atom. The minimum atomic E-state index is -0.484. The van der Waals surface area contributed by atoms with Crippen molar-refractivity contribution in [3.63, 3.8) is 0 Å². The van der Waals surface area contributed by atoms with Crippen LogP contribution in [-0.4, -0.2) is 25.6 Å². The van der Waals surface area contributed by atoms with Crippen molar-refractivity contribution in [2.75, 3.05) is 19.0 Å². The summed E-state index contributed by atoms with van der Waals surface area (Å²) in [4.78, 5) is 24.0. The van der Waals surface area contributed by atoms with Crippen molar-refractivity contribution < 1.29 is 23.5 Å². The van der Waals surface area contributed by atoms with E-state index in [0.717, 1.165) is 23.0 Å². The zero-order valence-corrected chi connectivity index (χ0v) is 15.3. The smallest absolute Gasteiger partial charge is 0.310 e. The summed E-state index contributed by atoms with van der Waals surface area (Å²) in [6.45, 7) is 1.72. The number of aryl methyl sites for hydroxylation is 1. The first-order chi connectivity index (χ1) is 13.1. The zero-order chi connectivity index (χ0) is 19.2. The van der Waals surface area contributed by atoms with E-state index in [0.29, 0.717) is 11.4 Å². The topological polar surface area (TPSA) is 77.8 Å². The van der Waals surface area contributed by atoms with Crippen molar-refractivity contribution in [3.05, 3.63) is 59.9 Å². The molecule has 6 heteroatoms. The van der Waals surface area contributed by atoms with Crippen molar-refractivity contribution in [3.8, 4) is 5.75 Å². The van der Waals surface area contributed by atoms with Crippen molar-refractivity contribution in [2.45, 2.75) is 19.8 Å². The molecule has 1 heterocycles. The second kappa shape index (κ2) is 8.40. The number of nitrogens with one attached hydrogen (secondary N) is 1. The van der Waals surface area contributed by atoms with Gasteiger partial charge in [0.25, 0.3) is 5.91 Å². The summed E-state index contributed by atoms with van der Waals surface area (Å²) in [5, 5.41) is 3.54. The van der Waals surface area contributed by atoms with Crippen LogP contribution in [0.2, 0.25) is 0 Å². The van der Waals surface area contributed by atoms with E-state index in [-0.39, 0.29) is 13.0 Å². The van der Waals surface area contributed by atoms with Gasteiger partial charge in [-0.25, -0.2) is 0 Å². The minimum absolute atomic E-state index is 0.0499. The average Bonchev–Trinajstić information content (AvgIpc) is 3.09. The fourth-order valence-electron chi connectivity index (χ4n) is 2.71. The van der Waals surface area contributed by atoms with Gasteiger partial charge in [-0.2, -0.15) is 0 Å². The van der Waals surface area contributed by atoms with E-state index in [9.17, 15) is 9.59 Å². The van der Waals surface area contributed by atoms with Crippen LogP contribution in [0.15, 0.2) is 53.1 Å². The molecule has 0 saturated heterocycles. The minimum Gasteiger partial charge on any atom is -0.497 e. The van der Waals surface area contributed by atoms with E-state index in [1.54, 1.807) is 37.6 Å². The number of carbonyl (C=O) groups is 2. The summed E-state index contributed by atoms with van der Waals surface area (Å²) in [5.74, 6) is -0.196. The Labute approximate surface area is 157 Å². The van der Waals surface area contributed by atoms with Gasteiger partial charge in [-0.05, 0) is 42.3 Å². The lowest BCUT2D eigenvalue weighted by Gasteiger charge is -2.07. The molecule has 1 aromatic heterocycles. The van der Waals surface area contributed by atoms with Gasteiger partial charge in [0.05, 0.1) is 19.8 Å². The van der Waals surface area contributed by atoms with Gasteiger partial charge in [0.2, 0.25) is 0 Å². The molecule has 27 heavy (non-hydrogen) atoms. The number of rotatable bonds is 7. The van der Waals surface area contributed by atoms with Crippen molar-refractivity contribution >= 4 is 28.5 Å². The number of esters is 1. The van der Waals surface area contributed by atoms with Crippen LogP contribution < -0.4 is 10.1 Å². The van der Waals surface area contributed by atoms with Crippen LogP contribution >= 0.6 is 0 Å². The number of fused-ring (bicyclic) bond motifs is 1. The quantitative estimate of drug-likeness (QED) is 0.644. The fourth-order valence-corrected chi connectivity index (χ4v) is 2.71. The molecule has 0 atom stereocenters. The maximum atomic E-state index is 12.1. The third kappa shape index (κ3) is 4.67. The van der Waals surface area contributed by atoms with Crippen LogP contribution in [0.4, 0.5) is 5.69 Å². The molecule has 1 N–H and O–H groups in total. The Morgan fingerprint density at radius 3 is 2.59 bits per heavy atom. The van der Waals surface area contributed by atoms with Crippen molar-refractivity contribution in [2.24, 2.45) is 0 Å². The van der Waals surface area contributed by atoms with Gasteiger partial charge >= 0.3 is 5.97 Å². The molecule has 0 fully saturated rings. The SMILES string of the molecule is CCc1ccc2c(CC(=O)OCC(=O)Nc3ccc(OC)cc3)coc2c1. The number of amides is 1. The standard InChI is InChI=1S/C21H21NO5/c1-3-14-4-9-18-15(12-26-19(18)10-14)11-21(24)27-13-20(23)22-16-5-7-17(25-2)8-6-16/h4-10,12H,3,11,13H2,1-2H3,(H,22,23). The van der Waals surface area contributed by atoms with E-state index in [1.807, 2.05) is 18.2 Å². The largest absolute Gasteiger partial charge is 0.497 e. The first kappa shape index (κ1) is 18.5. The third-order valence-corrected chi connectivity index (χ3v) is 4.20. The molecule has 0 unspecified atom stereocenters. The third-order valence-electron chi connectivity index (χ3n) is 4.20. The number of carbonyl (C=O) groups excluding carboxylic acids is 2. The summed E-state index contributed by atoms with van der Waals surface area (Å²) in [6, 6.07) is 12.8. The van der Waals surface area contributed by atoms with Crippen LogP contribution in [0.25, 0.3) is 11.0 Å². The Hall–Kier alpha value is -3.28. The van der Waals surface area contributed by atoms with Gasteiger partial charge < -0.3 is 19.2 Å². The molecule has 140 valence electrons. The molecule has 0 radical (unpaired) electrons. The lowest BCUT2D eigenvalue weighted by molar-refractivity contribution is -0.146. The number of furan rings is 1. The predicted molar refractivity (Wildman–Crippen MR) is 102 cm³/mol. The van der Waals surface area contributed by atoms with Crippen LogP contribution in [-0.2, 0) is 27.2 Å². The number of ether oxygens (including phenoxy) is 2. The van der Waals surface area contributed by atoms with E-state index in [1.165, 1.54) is 5.56 Å². The van der Waals surface area contributed by atoms with Crippen LogP contribution in [0.1, 0.15) is 18.1 Å². The fraction of sp³-hybridized carbons (Fsp3) is 0.238. The highest BCUT2D eigenvalue weighted by Gasteiger charge is 2.13. The van der Waals surface area contributed by atoms with Gasteiger partial charge in [0.1, 0.15) is 11.3 Å². The highest BCUT2D eigenvalue weighted by atomic mass is 16.5. The summed E-state index contributed by atoms with van der Waals surface area (Å²) < 4.78 is 15.6. The normalized spacial score (nSPS) is 10.6. The van der Waals surface area contributed by atoms with Gasteiger partial charge in [-0.1, -0.05) is 19.1 Å². The van der Waals surface area contributed by atoms with E-state index in [4.69, 9.17) is 13.9 Å². The molecule has 2 aromatic carbocycles. The van der Waals surface area contributed by atoms with Crippen LogP contribution in [0.5, 0.6) is 5.75 Å². The first-order valence-electron chi connectivity index (χ1n) is 8.67. The molecule has 1 amide bonds. The molecule has 0 saturated carbocycles. The Morgan fingerprint density at radius 1 is 1.11 bits per heavy atom. The molecule has 0 aliphatic heterocycles. The molecule has 0 bridgehead atoms. The van der Waals surface area contributed by atoms with E-state index < -0.39 is 11.9 Å². The summed E-state index contributed by atoms with van der Waals surface area (Å²) >= 11 is 0. The maximum Gasteiger partial charge on any atom is 0.310 e. The molecule has 3 rings (SSSR count). The second-order valence-electron chi connectivity index (χ2n) is 6.06. The van der Waals surface area contributed by atoms with Crippen molar-refractivity contribution in [1.29, 1.82) is 0 Å². The number of hydrogen-bond donors (Lipinski definition) is 1. The maximum absolute atomic E-state index is 12.1. The summed E-state index contributed by atoms with van der Waals surface area (Å²) in [7, 11) is 1.57. The monoisotopic (exact) mass is 367 g/mol. The summed E-state index contributed by atoms with van der Waals surface area (Å²) in [5.41, 5.74) is 3.26. The van der Waals surface area contributed by atoms with Gasteiger partial charge in [-0.15, -0.1) is 0 Å². The molecular formula is C21H21NO5. The van der Waals surface area contributed by atoms with Gasteiger partial charge in [-0.3, -0.25) is 9.59 Å². The number of benzene rings is 2. The molecule has 6 nitrogen and oxygen atoms in total. The number of methoxy groups -OCH3 is 1. The zero-order valence-electron chi connectivity index (χ0n) is 15.3. The average molecular weight is 367 g/mol. The Balaban J connectivity index is 1.52. The Bertz CT molecular complexity index is 943. The highest BCUT2D eigenvalue weighted by molar-refractivity contribution is 5.93. The molecule has 0 aliphatic rings. The second-order valence-corrected chi connectivity index (χ2v) is 6.06. The Kier molecular flexibility index (Phi) is 5.76. The highest BCUT2D eigenvalue weighted by Crippen LogP contribution is 2.23. The van der Waals surface area contributed by atoms with Gasteiger partial charge in [0, 0.05) is 16.6 Å². The molecule has 0 spiro atoms. The van der Waals surface area contributed by atoms with E-state index in [2.05, 4.69) is 12.2 Å². The van der Waals surface area contributed by atoms with Crippen molar-refractivity contribution in [1.82, 2.24) is 0 Å². The molecular weight excluding hydrogens is 346 g/mol. The summed E-state index contributed by atoms with van der Waals surface area (Å²) in [6.07, 6.45) is 2.52. The lowest BCUT2D eigenvalue weighted by Crippen LogP contribution is -2.21. The van der Waals surface area contributed by atoms with E-state index >= 15 is 0 Å². The van der Waals surface area contributed by atoms with Crippen LogP contribution in [0.3, 0.4) is 0 Å². The lowest BCUT2D eigenvalue weighted by atomic mass is 10.1. The molecule has 3 aromatic rings. The predicted octanol–water partition coefficient (Wildman–Crippen LogP) is 3.73. The first-order valence-corrected chi connectivity index (χ1v) is 8.67. The molecule has 0 aliphatic carbocycles. The van der Waals surface area contributed by atoms with Crippen LogP contribution in [0, 0.1) is 0 Å². The number of anilines is 1.